The number of rotatable bonds is 5. The van der Waals surface area contributed by atoms with E-state index in [0.717, 1.165) is 5.69 Å². The number of ether oxygens (including phenoxy) is 1. The van der Waals surface area contributed by atoms with Crippen molar-refractivity contribution >= 4 is 22.5 Å². The molecule has 3 heterocycles. The first-order valence-corrected chi connectivity index (χ1v) is 8.81. The number of aromatic nitrogens is 5. The fourth-order valence-electron chi connectivity index (χ4n) is 2.76. The Morgan fingerprint density at radius 2 is 1.97 bits per heavy atom. The summed E-state index contributed by atoms with van der Waals surface area (Å²) in [5.41, 5.74) is 1.99. The van der Waals surface area contributed by atoms with Gasteiger partial charge in [0.1, 0.15) is 17.4 Å². The van der Waals surface area contributed by atoms with E-state index in [0.29, 0.717) is 33.9 Å². The number of amides is 1. The molecule has 0 aliphatic carbocycles. The van der Waals surface area contributed by atoms with Gasteiger partial charge in [-0.3, -0.25) is 14.5 Å². The van der Waals surface area contributed by atoms with Crippen LogP contribution in [0.25, 0.3) is 10.9 Å². The largest absolute Gasteiger partial charge is 0.453 e. The molecule has 4 rings (SSSR count). The highest BCUT2D eigenvalue weighted by Gasteiger charge is 2.11. The van der Waals surface area contributed by atoms with Gasteiger partial charge < -0.3 is 10.1 Å². The van der Waals surface area contributed by atoms with Gasteiger partial charge in [-0.1, -0.05) is 0 Å². The molecule has 0 unspecified atom stereocenters. The van der Waals surface area contributed by atoms with Gasteiger partial charge in [0.2, 0.25) is 5.91 Å². The number of nitrogens with zero attached hydrogens (tertiary/aromatic N) is 5. The third-order valence-electron chi connectivity index (χ3n) is 4.40. The van der Waals surface area contributed by atoms with Crippen LogP contribution in [0.4, 0.5) is 10.1 Å². The summed E-state index contributed by atoms with van der Waals surface area (Å²) < 4.78 is 20.8. The zero-order valence-electron chi connectivity index (χ0n) is 15.8. The van der Waals surface area contributed by atoms with E-state index in [1.54, 1.807) is 30.1 Å². The predicted molar refractivity (Wildman–Crippen MR) is 104 cm³/mol. The number of carbonyl (C=O) groups is 1. The van der Waals surface area contributed by atoms with Crippen molar-refractivity contribution in [2.75, 3.05) is 5.32 Å². The van der Waals surface area contributed by atoms with E-state index in [4.69, 9.17) is 4.74 Å². The number of pyridine rings is 1. The molecule has 1 aromatic carbocycles. The van der Waals surface area contributed by atoms with Crippen molar-refractivity contribution in [1.82, 2.24) is 24.7 Å². The summed E-state index contributed by atoms with van der Waals surface area (Å²) in [6, 6.07) is 5.97. The molecule has 1 amide bonds. The third-order valence-corrected chi connectivity index (χ3v) is 4.40. The summed E-state index contributed by atoms with van der Waals surface area (Å²) in [6.45, 7) is 1.86. The Balaban J connectivity index is 1.44. The molecule has 0 saturated carbocycles. The van der Waals surface area contributed by atoms with Crippen molar-refractivity contribution in [3.8, 4) is 11.5 Å². The van der Waals surface area contributed by atoms with Crippen molar-refractivity contribution in [1.29, 1.82) is 0 Å². The molecular weight excluding hydrogens is 375 g/mol. The quantitative estimate of drug-likeness (QED) is 0.561. The van der Waals surface area contributed by atoms with Crippen LogP contribution in [0.15, 0.2) is 49.1 Å². The Labute approximate surface area is 165 Å². The smallest absolute Gasteiger partial charge is 0.232 e. The molecule has 0 radical (unpaired) electrons. The van der Waals surface area contributed by atoms with E-state index < -0.39 is 0 Å². The lowest BCUT2D eigenvalue weighted by Gasteiger charge is -2.08. The average molecular weight is 392 g/mol. The van der Waals surface area contributed by atoms with Crippen molar-refractivity contribution in [2.45, 2.75) is 13.3 Å². The maximum absolute atomic E-state index is 13.4. The highest BCUT2D eigenvalue weighted by molar-refractivity contribution is 5.92. The zero-order chi connectivity index (χ0) is 20.4. The van der Waals surface area contributed by atoms with Crippen LogP contribution in [0, 0.1) is 12.7 Å². The van der Waals surface area contributed by atoms with Gasteiger partial charge in [0.05, 0.1) is 41.9 Å². The van der Waals surface area contributed by atoms with E-state index in [1.807, 2.05) is 6.92 Å². The Bertz CT molecular complexity index is 1190. The summed E-state index contributed by atoms with van der Waals surface area (Å²) in [7, 11) is 1.80. The summed E-state index contributed by atoms with van der Waals surface area (Å²) >= 11 is 0. The number of benzene rings is 1. The van der Waals surface area contributed by atoms with Crippen LogP contribution >= 0.6 is 0 Å². The fraction of sp³-hybridized carbons (Fsp3) is 0.150. The Kier molecular flexibility index (Phi) is 4.86. The van der Waals surface area contributed by atoms with Crippen LogP contribution in [0.3, 0.4) is 0 Å². The van der Waals surface area contributed by atoms with E-state index in [9.17, 15) is 9.18 Å². The average Bonchev–Trinajstić information content (AvgIpc) is 3.01. The molecule has 8 nitrogen and oxygen atoms in total. The molecule has 0 spiro atoms. The summed E-state index contributed by atoms with van der Waals surface area (Å²) in [5.74, 6) is 0.662. The van der Waals surface area contributed by atoms with Gasteiger partial charge in [0.25, 0.3) is 0 Å². The predicted octanol–water partition coefficient (Wildman–Crippen LogP) is 3.18. The van der Waals surface area contributed by atoms with Crippen LogP contribution in [-0.2, 0) is 18.3 Å². The Morgan fingerprint density at radius 1 is 1.17 bits per heavy atom. The second-order valence-electron chi connectivity index (χ2n) is 6.40. The summed E-state index contributed by atoms with van der Waals surface area (Å²) in [4.78, 5) is 24.7. The van der Waals surface area contributed by atoms with E-state index in [2.05, 4.69) is 25.4 Å². The third kappa shape index (κ3) is 4.03. The zero-order valence-corrected chi connectivity index (χ0v) is 15.8. The number of fused-ring (bicyclic) bond motifs is 1. The van der Waals surface area contributed by atoms with Crippen molar-refractivity contribution in [2.24, 2.45) is 7.05 Å². The molecule has 0 aliphatic heterocycles. The van der Waals surface area contributed by atoms with E-state index in [1.165, 1.54) is 30.7 Å². The lowest BCUT2D eigenvalue weighted by Crippen LogP contribution is -2.16. The first kappa shape index (κ1) is 18.5. The van der Waals surface area contributed by atoms with E-state index in [-0.39, 0.29) is 18.1 Å². The molecule has 0 aliphatic rings. The van der Waals surface area contributed by atoms with Crippen molar-refractivity contribution in [3.63, 3.8) is 0 Å². The maximum Gasteiger partial charge on any atom is 0.232 e. The first-order valence-electron chi connectivity index (χ1n) is 8.81. The topological polar surface area (TPSA) is 94.8 Å². The SMILES string of the molecule is Cc1c(NC(=O)Cc2ncc(Oc3ccnc4cc(F)ccc34)cn2)cnn1C. The van der Waals surface area contributed by atoms with Gasteiger partial charge in [0, 0.05) is 24.7 Å². The van der Waals surface area contributed by atoms with Gasteiger partial charge in [-0.25, -0.2) is 14.4 Å². The first-order chi connectivity index (χ1) is 14.0. The molecule has 29 heavy (non-hydrogen) atoms. The van der Waals surface area contributed by atoms with Gasteiger partial charge in [-0.2, -0.15) is 5.10 Å². The highest BCUT2D eigenvalue weighted by atomic mass is 19.1. The number of hydrogen-bond acceptors (Lipinski definition) is 6. The summed E-state index contributed by atoms with van der Waals surface area (Å²) in [6.07, 6.45) is 6.13. The fourth-order valence-corrected chi connectivity index (χ4v) is 2.76. The van der Waals surface area contributed by atoms with Crippen LogP contribution < -0.4 is 10.1 Å². The Hall–Kier alpha value is -3.88. The van der Waals surface area contributed by atoms with Crippen molar-refractivity contribution < 1.29 is 13.9 Å². The van der Waals surface area contributed by atoms with E-state index >= 15 is 0 Å². The molecule has 1 N–H and O–H groups in total. The second kappa shape index (κ2) is 7.63. The number of nitrogens with one attached hydrogen (secondary N) is 1. The standard InChI is InChI=1S/C20H17FN6O2/c1-12-17(11-25-27(12)2)26-20(28)8-19-23-9-14(10-24-19)29-18-5-6-22-16-7-13(21)3-4-15(16)18/h3-7,9-11H,8H2,1-2H3,(H,26,28). The monoisotopic (exact) mass is 392 g/mol. The minimum atomic E-state index is -0.366. The number of aryl methyl sites for hydroxylation is 1. The van der Waals surface area contributed by atoms with Crippen LogP contribution in [0.1, 0.15) is 11.5 Å². The molecule has 4 aromatic rings. The lowest BCUT2D eigenvalue weighted by molar-refractivity contribution is -0.115. The molecule has 9 heteroatoms. The van der Waals surface area contributed by atoms with Gasteiger partial charge in [0.15, 0.2) is 5.75 Å². The normalized spacial score (nSPS) is 10.9. The highest BCUT2D eigenvalue weighted by Crippen LogP contribution is 2.28. The minimum Gasteiger partial charge on any atom is -0.453 e. The number of carbonyl (C=O) groups excluding carboxylic acids is 1. The van der Waals surface area contributed by atoms with Gasteiger partial charge in [-0.15, -0.1) is 0 Å². The molecular formula is C20H17FN6O2. The second-order valence-corrected chi connectivity index (χ2v) is 6.40. The van der Waals surface area contributed by atoms with Gasteiger partial charge >= 0.3 is 0 Å². The number of anilines is 1. The molecule has 0 saturated heterocycles. The molecule has 0 fully saturated rings. The number of halogens is 1. The van der Waals surface area contributed by atoms with Crippen LogP contribution in [0.2, 0.25) is 0 Å². The van der Waals surface area contributed by atoms with Crippen LogP contribution in [-0.4, -0.2) is 30.6 Å². The van der Waals surface area contributed by atoms with Crippen LogP contribution in [0.5, 0.6) is 11.5 Å². The number of hydrogen-bond donors (Lipinski definition) is 1. The lowest BCUT2D eigenvalue weighted by atomic mass is 10.2. The van der Waals surface area contributed by atoms with Crippen molar-refractivity contribution in [3.05, 3.63) is 66.4 Å². The summed E-state index contributed by atoms with van der Waals surface area (Å²) in [5, 5.41) is 7.54. The van der Waals surface area contributed by atoms with Gasteiger partial charge in [-0.05, 0) is 25.1 Å². The molecule has 0 bridgehead atoms. The molecule has 0 atom stereocenters. The molecule has 3 aromatic heterocycles. The minimum absolute atomic E-state index is 0.0199. The molecule has 146 valence electrons. The Morgan fingerprint density at radius 3 is 2.69 bits per heavy atom. The maximum atomic E-state index is 13.4.